The zero-order chi connectivity index (χ0) is 19.5. The van der Waals surface area contributed by atoms with Crippen molar-refractivity contribution < 1.29 is 9.53 Å². The summed E-state index contributed by atoms with van der Waals surface area (Å²) in [6.45, 7) is 3.13. The van der Waals surface area contributed by atoms with E-state index in [9.17, 15) is 4.79 Å². The number of benzene rings is 1. The lowest BCUT2D eigenvalue weighted by molar-refractivity contribution is 0.0704. The van der Waals surface area contributed by atoms with E-state index < -0.39 is 0 Å². The second-order valence-electron chi connectivity index (χ2n) is 6.80. The molecule has 0 radical (unpaired) electrons. The first-order chi connectivity index (χ1) is 13.6. The van der Waals surface area contributed by atoms with Gasteiger partial charge in [0.15, 0.2) is 0 Å². The molecule has 0 saturated carbocycles. The van der Waals surface area contributed by atoms with Gasteiger partial charge in [-0.1, -0.05) is 11.6 Å². The molecular weight excluding hydrogens is 378 g/mol. The molecule has 1 N–H and O–H groups in total. The number of amides is 1. The Morgan fingerprint density at radius 2 is 2.04 bits per heavy atom. The van der Waals surface area contributed by atoms with Crippen LogP contribution in [-0.2, 0) is 0 Å². The molecule has 1 aliphatic heterocycles. The fraction of sp³-hybridized carbons (Fsp3) is 0.300. The topological polar surface area (TPSA) is 84.0 Å². The van der Waals surface area contributed by atoms with Gasteiger partial charge in [0, 0.05) is 42.1 Å². The maximum Gasteiger partial charge on any atom is 0.257 e. The van der Waals surface area contributed by atoms with Crippen LogP contribution in [0.1, 0.15) is 40.5 Å². The average Bonchev–Trinajstić information content (AvgIpc) is 3.15. The predicted octanol–water partition coefficient (Wildman–Crippen LogP) is 3.97. The number of hydrogen-bond acceptors (Lipinski definition) is 5. The lowest BCUT2D eigenvalue weighted by Gasteiger charge is -2.32. The molecule has 2 aromatic heterocycles. The van der Waals surface area contributed by atoms with Gasteiger partial charge < -0.3 is 9.64 Å². The number of carbonyl (C=O) groups is 1. The second-order valence-corrected chi connectivity index (χ2v) is 7.24. The predicted molar refractivity (Wildman–Crippen MR) is 105 cm³/mol. The number of nitrogens with one attached hydrogen (secondary N) is 1. The average molecular weight is 398 g/mol. The molecule has 1 aromatic carbocycles. The van der Waals surface area contributed by atoms with Gasteiger partial charge in [-0.2, -0.15) is 5.10 Å². The van der Waals surface area contributed by atoms with E-state index in [-0.39, 0.29) is 11.8 Å². The summed E-state index contributed by atoms with van der Waals surface area (Å²) < 4.78 is 5.95. The number of piperidine rings is 1. The summed E-state index contributed by atoms with van der Waals surface area (Å²) in [5.41, 5.74) is 2.15. The van der Waals surface area contributed by atoms with Crippen LogP contribution in [0.4, 0.5) is 0 Å². The number of ether oxygens (including phenoxy) is 1. The molecule has 4 rings (SSSR count). The number of carbonyl (C=O) groups excluding carboxylic acids is 1. The molecule has 3 heterocycles. The molecule has 0 aliphatic carbocycles. The van der Waals surface area contributed by atoms with Gasteiger partial charge in [0.25, 0.3) is 5.91 Å². The fourth-order valence-corrected chi connectivity index (χ4v) is 3.56. The van der Waals surface area contributed by atoms with Gasteiger partial charge in [-0.15, -0.1) is 0 Å². The number of hydrogen-bond donors (Lipinski definition) is 1. The SMILES string of the molecule is Cc1[nH]ncc1C(=O)N1CCCC(c2nccnc2Oc2ccc(Cl)cc2)C1. The standard InChI is InChI=1S/C20H20ClN5O2/c1-13-17(11-24-25-13)20(27)26-10-2-3-14(12-26)18-19(23-9-8-22-18)28-16-6-4-15(21)5-7-16/h4-9,11,14H,2-3,10,12H2,1H3,(H,24,25). The monoisotopic (exact) mass is 397 g/mol. The highest BCUT2D eigenvalue weighted by molar-refractivity contribution is 6.30. The Morgan fingerprint density at radius 3 is 2.79 bits per heavy atom. The van der Waals surface area contributed by atoms with Crippen molar-refractivity contribution in [3.63, 3.8) is 0 Å². The Kier molecular flexibility index (Phi) is 5.25. The van der Waals surface area contributed by atoms with Gasteiger partial charge in [-0.3, -0.25) is 14.9 Å². The summed E-state index contributed by atoms with van der Waals surface area (Å²) in [5, 5.41) is 7.42. The quantitative estimate of drug-likeness (QED) is 0.720. The number of aryl methyl sites for hydroxylation is 1. The third-order valence-electron chi connectivity index (χ3n) is 4.87. The summed E-state index contributed by atoms with van der Waals surface area (Å²) in [6, 6.07) is 7.11. The molecule has 7 nitrogen and oxygen atoms in total. The van der Waals surface area contributed by atoms with Crippen LogP contribution in [0.3, 0.4) is 0 Å². The van der Waals surface area contributed by atoms with E-state index in [0.29, 0.717) is 35.3 Å². The van der Waals surface area contributed by atoms with Crippen LogP contribution in [0.25, 0.3) is 0 Å². The molecule has 8 heteroatoms. The van der Waals surface area contributed by atoms with Crippen molar-refractivity contribution in [3.05, 3.63) is 64.8 Å². The van der Waals surface area contributed by atoms with Crippen LogP contribution in [0.2, 0.25) is 5.02 Å². The lowest BCUT2D eigenvalue weighted by Crippen LogP contribution is -2.39. The van der Waals surface area contributed by atoms with Gasteiger partial charge in [0.05, 0.1) is 11.8 Å². The third-order valence-corrected chi connectivity index (χ3v) is 5.13. The minimum absolute atomic E-state index is 0.0139. The molecule has 28 heavy (non-hydrogen) atoms. The molecule has 1 amide bonds. The van der Waals surface area contributed by atoms with Gasteiger partial charge in [0.2, 0.25) is 5.88 Å². The number of aromatic amines is 1. The van der Waals surface area contributed by atoms with Crippen LogP contribution in [0, 0.1) is 6.92 Å². The van der Waals surface area contributed by atoms with Crippen LogP contribution < -0.4 is 4.74 Å². The summed E-state index contributed by atoms with van der Waals surface area (Å²) in [4.78, 5) is 23.6. The molecule has 1 aliphatic rings. The Labute approximate surface area is 167 Å². The van der Waals surface area contributed by atoms with Gasteiger partial charge in [0.1, 0.15) is 11.4 Å². The molecule has 1 atom stereocenters. The van der Waals surface area contributed by atoms with E-state index in [2.05, 4.69) is 20.2 Å². The molecule has 144 valence electrons. The van der Waals surface area contributed by atoms with Crippen molar-refractivity contribution in [2.75, 3.05) is 13.1 Å². The third kappa shape index (κ3) is 3.84. The van der Waals surface area contributed by atoms with Gasteiger partial charge in [-0.05, 0) is 44.0 Å². The van der Waals surface area contributed by atoms with Crippen molar-refractivity contribution >= 4 is 17.5 Å². The van der Waals surface area contributed by atoms with E-state index in [1.165, 1.54) is 0 Å². The second kappa shape index (κ2) is 7.98. The highest BCUT2D eigenvalue weighted by atomic mass is 35.5. The molecule has 0 spiro atoms. The van der Waals surface area contributed by atoms with Crippen LogP contribution in [-0.4, -0.2) is 44.1 Å². The van der Waals surface area contributed by atoms with Gasteiger partial charge >= 0.3 is 0 Å². The van der Waals surface area contributed by atoms with Crippen molar-refractivity contribution in [2.24, 2.45) is 0 Å². The Morgan fingerprint density at radius 1 is 1.25 bits per heavy atom. The molecule has 1 saturated heterocycles. The van der Waals surface area contributed by atoms with E-state index in [0.717, 1.165) is 24.2 Å². The van der Waals surface area contributed by atoms with E-state index in [1.54, 1.807) is 42.9 Å². The first-order valence-corrected chi connectivity index (χ1v) is 9.53. The van der Waals surface area contributed by atoms with Crippen molar-refractivity contribution in [1.82, 2.24) is 25.1 Å². The smallest absolute Gasteiger partial charge is 0.257 e. The number of halogens is 1. The Bertz CT molecular complexity index is 973. The fourth-order valence-electron chi connectivity index (χ4n) is 3.43. The molecular formula is C20H20ClN5O2. The van der Waals surface area contributed by atoms with Crippen LogP contribution in [0.15, 0.2) is 42.9 Å². The number of nitrogens with zero attached hydrogens (tertiary/aromatic N) is 4. The zero-order valence-electron chi connectivity index (χ0n) is 15.4. The molecule has 0 bridgehead atoms. The minimum atomic E-state index is -0.0139. The van der Waals surface area contributed by atoms with Crippen LogP contribution >= 0.6 is 11.6 Å². The number of likely N-dealkylation sites (tertiary alicyclic amines) is 1. The highest BCUT2D eigenvalue weighted by Gasteiger charge is 2.29. The Hall–Kier alpha value is -2.93. The largest absolute Gasteiger partial charge is 0.437 e. The first kappa shape index (κ1) is 18.4. The maximum absolute atomic E-state index is 12.9. The Balaban J connectivity index is 1.54. The first-order valence-electron chi connectivity index (χ1n) is 9.15. The molecule has 1 fully saturated rings. The summed E-state index contributed by atoms with van der Waals surface area (Å²) in [6.07, 6.45) is 6.66. The van der Waals surface area contributed by atoms with Crippen molar-refractivity contribution in [1.29, 1.82) is 0 Å². The number of rotatable bonds is 4. The lowest BCUT2D eigenvalue weighted by atomic mass is 9.94. The zero-order valence-corrected chi connectivity index (χ0v) is 16.2. The van der Waals surface area contributed by atoms with Crippen LogP contribution in [0.5, 0.6) is 11.6 Å². The summed E-state index contributed by atoms with van der Waals surface area (Å²) in [7, 11) is 0. The molecule has 1 unspecified atom stereocenters. The normalized spacial score (nSPS) is 16.8. The number of aromatic nitrogens is 4. The molecule has 3 aromatic rings. The summed E-state index contributed by atoms with van der Waals surface area (Å²) in [5.74, 6) is 1.15. The van der Waals surface area contributed by atoms with E-state index in [1.807, 2.05) is 11.8 Å². The summed E-state index contributed by atoms with van der Waals surface area (Å²) >= 11 is 5.94. The van der Waals surface area contributed by atoms with Gasteiger partial charge in [-0.25, -0.2) is 4.98 Å². The number of H-pyrrole nitrogens is 1. The minimum Gasteiger partial charge on any atom is -0.437 e. The van der Waals surface area contributed by atoms with E-state index in [4.69, 9.17) is 16.3 Å². The van der Waals surface area contributed by atoms with E-state index >= 15 is 0 Å². The maximum atomic E-state index is 12.9. The van der Waals surface area contributed by atoms with Crippen molar-refractivity contribution in [3.8, 4) is 11.6 Å². The van der Waals surface area contributed by atoms with Crippen molar-refractivity contribution in [2.45, 2.75) is 25.7 Å². The highest BCUT2D eigenvalue weighted by Crippen LogP contribution is 2.33.